The number of rotatable bonds is 26. The van der Waals surface area contributed by atoms with Crippen LogP contribution in [0.15, 0.2) is 214 Å². The monoisotopic (exact) mass is 1950 g/mol. The van der Waals surface area contributed by atoms with Crippen LogP contribution in [0.1, 0.15) is 80.5 Å². The number of amides is 4. The Morgan fingerprint density at radius 2 is 0.750 bits per heavy atom. The van der Waals surface area contributed by atoms with E-state index in [1.54, 1.807) is 99.8 Å². The molecule has 7 heterocycles. The maximum absolute atomic E-state index is 12.5. The fourth-order valence-electron chi connectivity index (χ4n) is 12.6. The number of aryl methyl sites for hydroxylation is 5. The van der Waals surface area contributed by atoms with Crippen molar-refractivity contribution < 1.29 is 46.9 Å². The second-order valence-corrected chi connectivity index (χ2v) is 34.5. The predicted octanol–water partition coefficient (Wildman–Crippen LogP) is 21.9. The van der Waals surface area contributed by atoms with Crippen molar-refractivity contribution >= 4 is 179 Å². The number of hydrogen-bond donors (Lipinski definition) is 12. The van der Waals surface area contributed by atoms with Crippen LogP contribution >= 0.6 is 58.0 Å². The zero-order valence-electron chi connectivity index (χ0n) is 77.7. The van der Waals surface area contributed by atoms with Gasteiger partial charge in [-0.2, -0.15) is 4.98 Å². The van der Waals surface area contributed by atoms with Crippen molar-refractivity contribution in [3.63, 3.8) is 0 Å². The highest BCUT2D eigenvalue weighted by Gasteiger charge is 2.28. The summed E-state index contributed by atoms with van der Waals surface area (Å²) in [5.74, 6) is 5.06. The number of nitrogens with zero attached hydrogens (tertiary/aromatic N) is 12. The standard InChI is InChI=1S/C27H31FN6O2.C16H19ClN4O2.C14H13ClN4O.C13H19FN2O.C11H11ClN4.C11H16N2O2.C5H4Cl2N2/c1-4-25(35)30-21-6-5-7-22(14-21)31-26-18(2)15-29-27(33-26)32-23-9-8-19(13-24(23)36-3)12-20-16-34(17-20)11-10-28;1-10-9-18-14(17)21-13(10)19-11-6-5-7-12(8-11)20-15(22)23-16(2,3)4;1-3-12(20)17-10-5-4-6-11(7-10)18-13-9(2)8-16-14(15)19-13;1-17-13-7-10(2-3-12(13)15)6-11-8-16(9-11)5-4-14;1-7-6-14-11(12)16-10(7)15-9-4-2-3-8(13)5-9;1-11(2,3)15-10(14)13-9-6-4-5-8(12)7-9;1-3-2-8-5(7)9-4(3)6/h4-9,13-15,20H,1,10-12,16-17H2,2-3H3,(H,30,35)(H2,29,31,32,33);5-9H,1-4H3,(H,20,22)(H,18,19,21);3-8H,1H2,2H3,(H,17,20)(H,16,18,19);2-3,7,11H,4-6,8-9,15H2,1H3;2-6H,13H2,1H3,(H,14,15,16);4-7H,12H2,1-3H3,(H,13,14);2H,1H3. The van der Waals surface area contributed by atoms with Crippen LogP contribution in [0.25, 0.3) is 0 Å². The number of methoxy groups -OCH3 is 2. The summed E-state index contributed by atoms with van der Waals surface area (Å²) in [5, 5.41) is 27.8. The van der Waals surface area contributed by atoms with Gasteiger partial charge >= 0.3 is 12.2 Å². The number of nitrogen functional groups attached to an aromatic ring is 3. The fraction of sp³-hybridized carbons (Fsp3) is 0.278. The lowest BCUT2D eigenvalue weighted by Crippen LogP contribution is -2.48. The molecule has 15 N–H and O–H groups in total. The second-order valence-electron chi connectivity index (χ2n) is 32.8. The van der Waals surface area contributed by atoms with E-state index in [1.807, 2.05) is 173 Å². The molecular weight excluding hydrogens is 1840 g/mol. The second kappa shape index (κ2) is 53.3. The highest BCUT2D eigenvalue weighted by atomic mass is 35.5. The molecule has 0 saturated carbocycles. The van der Waals surface area contributed by atoms with E-state index >= 15 is 0 Å². The fourth-order valence-corrected chi connectivity index (χ4v) is 13.3. The van der Waals surface area contributed by atoms with Crippen LogP contribution in [0, 0.1) is 46.5 Å². The van der Waals surface area contributed by atoms with Crippen LogP contribution in [-0.2, 0) is 31.9 Å². The van der Waals surface area contributed by atoms with Gasteiger partial charge in [0.05, 0.1) is 25.6 Å². The van der Waals surface area contributed by atoms with E-state index in [4.69, 9.17) is 94.2 Å². The molecule has 7 aromatic carbocycles. The van der Waals surface area contributed by atoms with E-state index in [0.29, 0.717) is 105 Å². The van der Waals surface area contributed by atoms with Gasteiger partial charge in [0.15, 0.2) is 0 Å². The molecule has 12 aromatic rings. The summed E-state index contributed by atoms with van der Waals surface area (Å²) < 4.78 is 45.7. The van der Waals surface area contributed by atoms with Gasteiger partial charge in [0, 0.05) is 155 Å². The topological polar surface area (TPSA) is 427 Å². The molecule has 718 valence electrons. The van der Waals surface area contributed by atoms with Gasteiger partial charge < -0.3 is 83.2 Å². The molecule has 136 heavy (non-hydrogen) atoms. The molecule has 0 spiro atoms. The van der Waals surface area contributed by atoms with Crippen molar-refractivity contribution in [3.05, 3.63) is 279 Å². The molecule has 2 aliphatic rings. The van der Waals surface area contributed by atoms with Gasteiger partial charge in [-0.25, -0.2) is 63.2 Å². The number of carbonyl (C=O) groups is 4. The maximum Gasteiger partial charge on any atom is 0.412 e. The van der Waals surface area contributed by atoms with E-state index < -0.39 is 23.4 Å². The Kier molecular flexibility index (Phi) is 42.1. The number of ether oxygens (including phenoxy) is 4. The van der Waals surface area contributed by atoms with E-state index in [9.17, 15) is 28.0 Å². The number of alkyl halides is 2. The normalized spacial score (nSPS) is 12.0. The Hall–Kier alpha value is -13.9. The molecule has 5 aromatic heterocycles. The average Bonchev–Trinajstić information content (AvgIpc) is 0.818. The Bertz CT molecular complexity index is 6010. The minimum absolute atomic E-state index is 0.168. The molecule has 0 aliphatic carbocycles. The molecule has 2 fully saturated rings. The van der Waals surface area contributed by atoms with Crippen molar-refractivity contribution in [2.45, 2.75) is 100 Å². The molecule has 0 bridgehead atoms. The van der Waals surface area contributed by atoms with Crippen LogP contribution in [0.3, 0.4) is 0 Å². The van der Waals surface area contributed by atoms with Gasteiger partial charge in [0.25, 0.3) is 0 Å². The van der Waals surface area contributed by atoms with E-state index in [0.717, 1.165) is 101 Å². The zero-order chi connectivity index (χ0) is 99.2. The number of nitrogens with two attached hydrogens (primary N) is 3. The summed E-state index contributed by atoms with van der Waals surface area (Å²) in [6.07, 6.45) is 11.7. The minimum atomic E-state index is -0.547. The number of likely N-dealkylation sites (tertiary alicyclic amines) is 2. The van der Waals surface area contributed by atoms with Crippen LogP contribution in [0.5, 0.6) is 11.5 Å². The van der Waals surface area contributed by atoms with Crippen LogP contribution in [0.2, 0.25) is 26.3 Å². The SMILES string of the molecule is C=CC(=O)Nc1cccc(Nc2nc(Cl)ncc2C)c1.C=CC(=O)Nc1cccc(Nc2nc(Nc3ccc(CC4CN(CCF)C4)cc3OC)ncc2C)c1.CC(C)(C)OC(=O)Nc1cccc(N)c1.COc1cc(CC2CN(CCF)C2)ccc1N.Cc1cnc(Cl)nc1Cl.Cc1cnc(Cl)nc1Nc1cccc(N)c1.Cc1cnc(Cl)nc1Nc1cccc(NC(=O)OC(C)(C)C)c1. The molecule has 2 saturated heterocycles. The third-order valence-corrected chi connectivity index (χ3v) is 20.1. The third kappa shape index (κ3) is 38.2. The summed E-state index contributed by atoms with van der Waals surface area (Å²) in [6.45, 7) is 31.6. The lowest BCUT2D eigenvalue weighted by molar-refractivity contribution is -0.112. The Balaban J connectivity index is 0.000000202. The first-order valence-electron chi connectivity index (χ1n) is 42.6. The van der Waals surface area contributed by atoms with Gasteiger partial charge in [0.2, 0.25) is 38.9 Å². The summed E-state index contributed by atoms with van der Waals surface area (Å²) in [4.78, 5) is 90.8. The number of aromatic nitrogens is 10. The van der Waals surface area contributed by atoms with Gasteiger partial charge in [-0.3, -0.25) is 20.2 Å². The number of anilines is 17. The summed E-state index contributed by atoms with van der Waals surface area (Å²) in [6, 6.07) is 48.2. The first-order valence-corrected chi connectivity index (χ1v) is 44.5. The first kappa shape index (κ1) is 107. The zero-order valence-corrected chi connectivity index (χ0v) is 81.5. The van der Waals surface area contributed by atoms with E-state index in [1.165, 1.54) is 23.3 Å². The molecule has 39 heteroatoms. The van der Waals surface area contributed by atoms with Crippen molar-refractivity contribution in [2.24, 2.45) is 11.8 Å². The minimum Gasteiger partial charge on any atom is -0.495 e. The van der Waals surface area contributed by atoms with Gasteiger partial charge in [-0.1, -0.05) is 67.2 Å². The van der Waals surface area contributed by atoms with Crippen molar-refractivity contribution in [2.75, 3.05) is 132 Å². The van der Waals surface area contributed by atoms with Crippen molar-refractivity contribution in [1.82, 2.24) is 59.6 Å². The van der Waals surface area contributed by atoms with Crippen LogP contribution < -0.4 is 74.5 Å². The van der Waals surface area contributed by atoms with Crippen molar-refractivity contribution in [3.8, 4) is 11.5 Å². The van der Waals surface area contributed by atoms with Crippen LogP contribution in [0.4, 0.5) is 116 Å². The lowest BCUT2D eigenvalue weighted by atomic mass is 9.92. The highest BCUT2D eigenvalue weighted by Crippen LogP contribution is 2.34. The van der Waals surface area contributed by atoms with Gasteiger partial charge in [0.1, 0.15) is 64.5 Å². The van der Waals surface area contributed by atoms with Crippen molar-refractivity contribution in [1.29, 1.82) is 0 Å². The summed E-state index contributed by atoms with van der Waals surface area (Å²) >= 11 is 28.3. The maximum atomic E-state index is 12.5. The number of nitrogens with one attached hydrogen (secondary N) is 9. The Morgan fingerprint density at radius 3 is 1.12 bits per heavy atom. The quantitative estimate of drug-likeness (QED) is 0.0104. The van der Waals surface area contributed by atoms with Gasteiger partial charge in [-0.05, 0) is 286 Å². The van der Waals surface area contributed by atoms with E-state index in [-0.39, 0.29) is 46.3 Å². The molecule has 2 aliphatic heterocycles. The highest BCUT2D eigenvalue weighted by molar-refractivity contribution is 6.32. The van der Waals surface area contributed by atoms with Crippen LogP contribution in [-0.4, -0.2) is 162 Å². The summed E-state index contributed by atoms with van der Waals surface area (Å²) in [5.41, 5.74) is 31.2. The number of halogens is 7. The molecular formula is C97H113Cl5F2N24O8. The smallest absolute Gasteiger partial charge is 0.412 e. The van der Waals surface area contributed by atoms with Gasteiger partial charge in [-0.15, -0.1) is 0 Å². The molecule has 32 nitrogen and oxygen atoms in total. The predicted molar refractivity (Wildman–Crippen MR) is 543 cm³/mol. The average molecular weight is 1960 g/mol. The molecule has 0 atom stereocenters. The largest absolute Gasteiger partial charge is 0.495 e. The number of benzene rings is 7. The third-order valence-electron chi connectivity index (χ3n) is 19.0. The Labute approximate surface area is 815 Å². The lowest BCUT2D eigenvalue weighted by Gasteiger charge is -2.38. The molecule has 0 unspecified atom stereocenters. The molecule has 0 radical (unpaired) electrons. The molecule has 4 amide bonds. The molecule has 14 rings (SSSR count). The first-order chi connectivity index (χ1) is 64.7. The number of carbonyl (C=O) groups excluding carboxylic acids is 4. The van der Waals surface area contributed by atoms with E-state index in [2.05, 4.69) is 127 Å². The number of hydrogen-bond acceptors (Lipinski definition) is 28. The summed E-state index contributed by atoms with van der Waals surface area (Å²) in [7, 11) is 3.26. The Morgan fingerprint density at radius 1 is 0.419 bits per heavy atom.